The van der Waals surface area contributed by atoms with Crippen molar-refractivity contribution in [3.05, 3.63) is 88.4 Å². The highest BCUT2D eigenvalue weighted by atomic mass is 32.1. The zero-order valence-corrected chi connectivity index (χ0v) is 20.1. The fourth-order valence-electron chi connectivity index (χ4n) is 4.44. The predicted molar refractivity (Wildman–Crippen MR) is 136 cm³/mol. The topological polar surface area (TPSA) is 41.4 Å². The molecular formula is C27H28N4OS. The summed E-state index contributed by atoms with van der Waals surface area (Å²) in [7, 11) is 0. The first-order valence-corrected chi connectivity index (χ1v) is 12.2. The number of piperazine rings is 1. The van der Waals surface area contributed by atoms with Gasteiger partial charge in [0.1, 0.15) is 11.4 Å². The Hall–Kier alpha value is -3.38. The molecule has 0 atom stereocenters. The van der Waals surface area contributed by atoms with Crippen LogP contribution in [0.25, 0.3) is 16.3 Å². The van der Waals surface area contributed by atoms with Gasteiger partial charge in [0.25, 0.3) is 5.91 Å². The first-order chi connectivity index (χ1) is 16.0. The minimum Gasteiger partial charge on any atom is -0.368 e. The summed E-state index contributed by atoms with van der Waals surface area (Å²) in [6.07, 6.45) is 0. The lowest BCUT2D eigenvalue weighted by atomic mass is 10.1. The van der Waals surface area contributed by atoms with Gasteiger partial charge >= 0.3 is 0 Å². The molecule has 6 heteroatoms. The van der Waals surface area contributed by atoms with Crippen LogP contribution in [0.3, 0.4) is 0 Å². The van der Waals surface area contributed by atoms with Gasteiger partial charge in [0, 0.05) is 31.9 Å². The van der Waals surface area contributed by atoms with Crippen LogP contribution in [0, 0.1) is 20.8 Å². The SMILES string of the molecule is Cc1ccc(C)c(-n2nc(-c3cccs3)cc2C(=O)N2CCN(c3ccccc3C)CC2)c1. The van der Waals surface area contributed by atoms with Crippen molar-refractivity contribution in [2.24, 2.45) is 0 Å². The average Bonchev–Trinajstić information content (AvgIpc) is 3.51. The Balaban J connectivity index is 1.45. The fraction of sp³-hybridized carbons (Fsp3) is 0.259. The van der Waals surface area contributed by atoms with Gasteiger partial charge in [-0.25, -0.2) is 4.68 Å². The number of rotatable bonds is 4. The monoisotopic (exact) mass is 456 g/mol. The number of nitrogens with zero attached hydrogens (tertiary/aromatic N) is 4. The van der Waals surface area contributed by atoms with E-state index in [-0.39, 0.29) is 5.91 Å². The van der Waals surface area contributed by atoms with Gasteiger partial charge in [-0.05, 0) is 67.1 Å². The summed E-state index contributed by atoms with van der Waals surface area (Å²) in [6.45, 7) is 9.31. The van der Waals surface area contributed by atoms with Crippen LogP contribution >= 0.6 is 11.3 Å². The lowest BCUT2D eigenvalue weighted by Crippen LogP contribution is -2.49. The molecule has 2 aromatic carbocycles. The number of carbonyl (C=O) groups excluding carboxylic acids is 1. The van der Waals surface area contributed by atoms with Gasteiger partial charge in [0.05, 0.1) is 10.6 Å². The molecule has 0 saturated carbocycles. The number of hydrogen-bond acceptors (Lipinski definition) is 4. The van der Waals surface area contributed by atoms with E-state index >= 15 is 0 Å². The summed E-state index contributed by atoms with van der Waals surface area (Å²) in [4.78, 5) is 19.1. The molecule has 1 amide bonds. The molecule has 3 heterocycles. The quantitative estimate of drug-likeness (QED) is 0.408. The van der Waals surface area contributed by atoms with Crippen molar-refractivity contribution in [3.8, 4) is 16.3 Å². The van der Waals surface area contributed by atoms with Crippen molar-refractivity contribution in [1.29, 1.82) is 0 Å². The van der Waals surface area contributed by atoms with Gasteiger partial charge < -0.3 is 9.80 Å². The van der Waals surface area contributed by atoms with Crippen molar-refractivity contribution >= 4 is 22.9 Å². The van der Waals surface area contributed by atoms with Gasteiger partial charge in [0.2, 0.25) is 0 Å². The molecular weight excluding hydrogens is 428 g/mol. The Morgan fingerprint density at radius 1 is 0.848 bits per heavy atom. The lowest BCUT2D eigenvalue weighted by Gasteiger charge is -2.36. The Morgan fingerprint density at radius 3 is 2.33 bits per heavy atom. The summed E-state index contributed by atoms with van der Waals surface area (Å²) < 4.78 is 1.84. The van der Waals surface area contributed by atoms with Crippen LogP contribution < -0.4 is 4.90 Å². The maximum atomic E-state index is 13.7. The number of anilines is 1. The van der Waals surface area contributed by atoms with E-state index < -0.39 is 0 Å². The average molecular weight is 457 g/mol. The van der Waals surface area contributed by atoms with Crippen LogP contribution in [0.5, 0.6) is 0 Å². The Labute approximate surface area is 198 Å². The molecule has 0 aliphatic carbocycles. The van der Waals surface area contributed by atoms with Crippen molar-refractivity contribution in [1.82, 2.24) is 14.7 Å². The molecule has 1 aliphatic heterocycles. The second-order valence-electron chi connectivity index (χ2n) is 8.66. The van der Waals surface area contributed by atoms with E-state index in [4.69, 9.17) is 5.10 Å². The normalized spacial score (nSPS) is 14.0. The van der Waals surface area contributed by atoms with Crippen LogP contribution in [-0.4, -0.2) is 46.8 Å². The van der Waals surface area contributed by atoms with Crippen molar-refractivity contribution in [2.45, 2.75) is 20.8 Å². The van der Waals surface area contributed by atoms with Crippen molar-refractivity contribution in [3.63, 3.8) is 0 Å². The van der Waals surface area contributed by atoms with E-state index in [1.165, 1.54) is 11.3 Å². The van der Waals surface area contributed by atoms with Crippen LogP contribution in [-0.2, 0) is 0 Å². The van der Waals surface area contributed by atoms with Gasteiger partial charge in [-0.1, -0.05) is 36.4 Å². The van der Waals surface area contributed by atoms with E-state index in [0.29, 0.717) is 18.8 Å². The molecule has 33 heavy (non-hydrogen) atoms. The van der Waals surface area contributed by atoms with Gasteiger partial charge in [-0.2, -0.15) is 5.10 Å². The smallest absolute Gasteiger partial charge is 0.272 e. The third-order valence-electron chi connectivity index (χ3n) is 6.32. The van der Waals surface area contributed by atoms with Crippen LogP contribution in [0.15, 0.2) is 66.0 Å². The number of thiophene rings is 1. The molecule has 5 nitrogen and oxygen atoms in total. The van der Waals surface area contributed by atoms with Crippen molar-refractivity contribution in [2.75, 3.05) is 31.1 Å². The van der Waals surface area contributed by atoms with E-state index in [0.717, 1.165) is 40.5 Å². The van der Waals surface area contributed by atoms with E-state index in [1.54, 1.807) is 11.3 Å². The highest BCUT2D eigenvalue weighted by Crippen LogP contribution is 2.28. The standard InChI is InChI=1S/C27H28N4OS/c1-19-10-11-21(3)24(17-19)31-25(18-22(28-31)26-9-6-16-33-26)27(32)30-14-12-29(13-15-30)23-8-5-4-7-20(23)2/h4-11,16-18H,12-15H2,1-3H3. The van der Waals surface area contributed by atoms with Crippen LogP contribution in [0.2, 0.25) is 0 Å². The molecule has 2 aromatic heterocycles. The number of aryl methyl sites for hydroxylation is 3. The third kappa shape index (κ3) is 4.18. The second-order valence-corrected chi connectivity index (χ2v) is 9.61. The van der Waals surface area contributed by atoms with Crippen molar-refractivity contribution < 1.29 is 4.79 Å². The highest BCUT2D eigenvalue weighted by molar-refractivity contribution is 7.13. The molecule has 168 valence electrons. The molecule has 0 bridgehead atoms. The molecule has 4 aromatic rings. The van der Waals surface area contributed by atoms with E-state index in [2.05, 4.69) is 74.2 Å². The largest absolute Gasteiger partial charge is 0.368 e. The maximum absolute atomic E-state index is 13.7. The molecule has 0 N–H and O–H groups in total. The summed E-state index contributed by atoms with van der Waals surface area (Å²) in [5, 5.41) is 6.92. The summed E-state index contributed by atoms with van der Waals surface area (Å²) in [5.74, 6) is 0.0376. The zero-order valence-electron chi connectivity index (χ0n) is 19.3. The van der Waals surface area contributed by atoms with Gasteiger partial charge in [-0.3, -0.25) is 4.79 Å². The number of aromatic nitrogens is 2. The Bertz CT molecular complexity index is 1280. The Morgan fingerprint density at radius 2 is 1.61 bits per heavy atom. The van der Waals surface area contributed by atoms with Gasteiger partial charge in [0.15, 0.2) is 0 Å². The molecule has 1 fully saturated rings. The molecule has 1 aliphatic rings. The van der Waals surface area contributed by atoms with Crippen LogP contribution in [0.1, 0.15) is 27.2 Å². The Kier molecular flexibility index (Phi) is 5.77. The molecule has 0 spiro atoms. The second kappa shape index (κ2) is 8.87. The molecule has 0 unspecified atom stereocenters. The maximum Gasteiger partial charge on any atom is 0.272 e. The summed E-state index contributed by atoms with van der Waals surface area (Å²) in [5.41, 5.74) is 7.19. The first kappa shape index (κ1) is 21.5. The van der Waals surface area contributed by atoms with E-state index in [9.17, 15) is 4.79 Å². The number of hydrogen-bond donors (Lipinski definition) is 0. The lowest BCUT2D eigenvalue weighted by molar-refractivity contribution is 0.0737. The summed E-state index contributed by atoms with van der Waals surface area (Å²) in [6, 6.07) is 20.8. The van der Waals surface area contributed by atoms with Crippen LogP contribution in [0.4, 0.5) is 5.69 Å². The number of amides is 1. The minimum absolute atomic E-state index is 0.0376. The van der Waals surface area contributed by atoms with Gasteiger partial charge in [-0.15, -0.1) is 11.3 Å². The number of benzene rings is 2. The predicted octanol–water partition coefficient (Wildman–Crippen LogP) is 5.49. The molecule has 5 rings (SSSR count). The number of para-hydroxylation sites is 1. The minimum atomic E-state index is 0.0376. The molecule has 1 saturated heterocycles. The fourth-order valence-corrected chi connectivity index (χ4v) is 5.12. The highest BCUT2D eigenvalue weighted by Gasteiger charge is 2.27. The summed E-state index contributed by atoms with van der Waals surface area (Å²) >= 11 is 1.64. The first-order valence-electron chi connectivity index (χ1n) is 11.3. The third-order valence-corrected chi connectivity index (χ3v) is 7.21. The number of carbonyl (C=O) groups is 1. The molecule has 0 radical (unpaired) electrons. The van der Waals surface area contributed by atoms with E-state index in [1.807, 2.05) is 27.1 Å². The zero-order chi connectivity index (χ0) is 22.9.